The van der Waals surface area contributed by atoms with Gasteiger partial charge in [0, 0.05) is 19.6 Å². The van der Waals surface area contributed by atoms with Gasteiger partial charge >= 0.3 is 0 Å². The Balaban J connectivity index is 2.02. The summed E-state index contributed by atoms with van der Waals surface area (Å²) in [7, 11) is 0. The van der Waals surface area contributed by atoms with E-state index >= 15 is 0 Å². The highest BCUT2D eigenvalue weighted by molar-refractivity contribution is 5.26. The predicted octanol–water partition coefficient (Wildman–Crippen LogP) is 1.33. The fourth-order valence-corrected chi connectivity index (χ4v) is 2.09. The molecular formula is C13H18FNO2. The van der Waals surface area contributed by atoms with Gasteiger partial charge in [-0.05, 0) is 30.2 Å². The van der Waals surface area contributed by atoms with Crippen LogP contribution >= 0.6 is 0 Å². The number of halogens is 1. The Hall–Kier alpha value is -0.970. The Kier molecular flexibility index (Phi) is 4.10. The lowest BCUT2D eigenvalue weighted by Gasteiger charge is -2.32. The fourth-order valence-electron chi connectivity index (χ4n) is 2.09. The SMILES string of the molecule is Cc1ccc(F)cc1CN1CCOC(CO)C1. The van der Waals surface area contributed by atoms with Gasteiger partial charge in [-0.15, -0.1) is 0 Å². The zero-order chi connectivity index (χ0) is 12.3. The summed E-state index contributed by atoms with van der Waals surface area (Å²) in [6, 6.07) is 4.86. The number of benzene rings is 1. The second kappa shape index (κ2) is 5.58. The third-order valence-corrected chi connectivity index (χ3v) is 3.13. The molecule has 1 N–H and O–H groups in total. The van der Waals surface area contributed by atoms with Crippen LogP contribution in [0.3, 0.4) is 0 Å². The van der Waals surface area contributed by atoms with Gasteiger partial charge in [-0.1, -0.05) is 6.07 Å². The van der Waals surface area contributed by atoms with Crippen molar-refractivity contribution in [3.8, 4) is 0 Å². The molecule has 3 nitrogen and oxygen atoms in total. The highest BCUT2D eigenvalue weighted by Gasteiger charge is 2.20. The minimum atomic E-state index is -0.197. The maximum Gasteiger partial charge on any atom is 0.123 e. The Labute approximate surface area is 101 Å². The van der Waals surface area contributed by atoms with Gasteiger partial charge in [0.05, 0.1) is 19.3 Å². The monoisotopic (exact) mass is 239 g/mol. The van der Waals surface area contributed by atoms with Crippen LogP contribution in [0.15, 0.2) is 18.2 Å². The van der Waals surface area contributed by atoms with E-state index in [9.17, 15) is 4.39 Å². The minimum Gasteiger partial charge on any atom is -0.394 e. The molecular weight excluding hydrogens is 221 g/mol. The number of hydrogen-bond acceptors (Lipinski definition) is 3. The van der Waals surface area contributed by atoms with Crippen LogP contribution in [0.2, 0.25) is 0 Å². The van der Waals surface area contributed by atoms with Crippen molar-refractivity contribution in [1.29, 1.82) is 0 Å². The van der Waals surface area contributed by atoms with Crippen LogP contribution in [0.1, 0.15) is 11.1 Å². The summed E-state index contributed by atoms with van der Waals surface area (Å²) >= 11 is 0. The largest absolute Gasteiger partial charge is 0.394 e. The lowest BCUT2D eigenvalue weighted by molar-refractivity contribution is -0.0551. The van der Waals surface area contributed by atoms with E-state index < -0.39 is 0 Å². The van der Waals surface area contributed by atoms with Crippen molar-refractivity contribution in [2.24, 2.45) is 0 Å². The van der Waals surface area contributed by atoms with Crippen LogP contribution in [0.25, 0.3) is 0 Å². The minimum absolute atomic E-state index is 0.0403. The van der Waals surface area contributed by atoms with Crippen LogP contribution in [0.4, 0.5) is 4.39 Å². The van der Waals surface area contributed by atoms with Crippen LogP contribution in [-0.2, 0) is 11.3 Å². The average molecular weight is 239 g/mol. The summed E-state index contributed by atoms with van der Waals surface area (Å²) in [6.45, 7) is 4.89. The third kappa shape index (κ3) is 3.25. The smallest absolute Gasteiger partial charge is 0.123 e. The Morgan fingerprint density at radius 1 is 1.53 bits per heavy atom. The Morgan fingerprint density at radius 2 is 2.35 bits per heavy atom. The van der Waals surface area contributed by atoms with Gasteiger partial charge in [0.2, 0.25) is 0 Å². The molecule has 0 aliphatic carbocycles. The number of hydrogen-bond donors (Lipinski definition) is 1. The molecule has 1 heterocycles. The third-order valence-electron chi connectivity index (χ3n) is 3.13. The fraction of sp³-hybridized carbons (Fsp3) is 0.538. The summed E-state index contributed by atoms with van der Waals surface area (Å²) in [5.41, 5.74) is 2.10. The van der Waals surface area contributed by atoms with E-state index in [1.807, 2.05) is 6.92 Å². The summed E-state index contributed by atoms with van der Waals surface area (Å²) < 4.78 is 18.5. The zero-order valence-electron chi connectivity index (χ0n) is 10.0. The van der Waals surface area contributed by atoms with Crippen molar-refractivity contribution in [2.45, 2.75) is 19.6 Å². The highest BCUT2D eigenvalue weighted by atomic mass is 19.1. The Bertz CT molecular complexity index is 384. The van der Waals surface area contributed by atoms with E-state index in [1.165, 1.54) is 6.07 Å². The van der Waals surface area contributed by atoms with Gasteiger partial charge in [-0.25, -0.2) is 4.39 Å². The molecule has 0 bridgehead atoms. The van der Waals surface area contributed by atoms with Crippen LogP contribution in [0, 0.1) is 12.7 Å². The molecule has 4 heteroatoms. The molecule has 1 atom stereocenters. The molecule has 94 valence electrons. The van der Waals surface area contributed by atoms with E-state index in [0.717, 1.165) is 17.7 Å². The molecule has 0 aromatic heterocycles. The molecule has 0 radical (unpaired) electrons. The predicted molar refractivity (Wildman–Crippen MR) is 63.2 cm³/mol. The number of aliphatic hydroxyl groups is 1. The van der Waals surface area contributed by atoms with E-state index in [2.05, 4.69) is 4.90 Å². The number of aryl methyl sites for hydroxylation is 1. The summed E-state index contributed by atoms with van der Waals surface area (Å²) in [5, 5.41) is 9.06. The lowest BCUT2D eigenvalue weighted by Crippen LogP contribution is -2.43. The second-order valence-corrected chi connectivity index (χ2v) is 4.48. The molecule has 0 saturated carbocycles. The molecule has 1 aliphatic rings. The highest BCUT2D eigenvalue weighted by Crippen LogP contribution is 2.15. The number of aliphatic hydroxyl groups excluding tert-OH is 1. The first kappa shape index (κ1) is 12.5. The maximum atomic E-state index is 13.2. The summed E-state index contributed by atoms with van der Waals surface area (Å²) in [4.78, 5) is 2.19. The second-order valence-electron chi connectivity index (χ2n) is 4.48. The summed E-state index contributed by atoms with van der Waals surface area (Å²) in [5.74, 6) is -0.197. The molecule has 1 aromatic carbocycles. The van der Waals surface area contributed by atoms with E-state index in [1.54, 1.807) is 12.1 Å². The van der Waals surface area contributed by atoms with Gasteiger partial charge in [0.15, 0.2) is 0 Å². The molecule has 1 aromatic rings. The first-order chi connectivity index (χ1) is 8.19. The number of ether oxygens (including phenoxy) is 1. The lowest BCUT2D eigenvalue weighted by atomic mass is 10.1. The molecule has 1 unspecified atom stereocenters. The van der Waals surface area contributed by atoms with Crippen LogP contribution in [0.5, 0.6) is 0 Å². The molecule has 0 spiro atoms. The van der Waals surface area contributed by atoms with Crippen molar-refractivity contribution < 1.29 is 14.2 Å². The van der Waals surface area contributed by atoms with E-state index in [-0.39, 0.29) is 18.5 Å². The molecule has 1 saturated heterocycles. The van der Waals surface area contributed by atoms with Crippen molar-refractivity contribution in [1.82, 2.24) is 4.90 Å². The van der Waals surface area contributed by atoms with Gasteiger partial charge < -0.3 is 9.84 Å². The van der Waals surface area contributed by atoms with Gasteiger partial charge in [0.1, 0.15) is 5.82 Å². The molecule has 17 heavy (non-hydrogen) atoms. The number of nitrogens with zero attached hydrogens (tertiary/aromatic N) is 1. The first-order valence-corrected chi connectivity index (χ1v) is 5.89. The van der Waals surface area contributed by atoms with E-state index in [4.69, 9.17) is 9.84 Å². The number of rotatable bonds is 3. The molecule has 1 fully saturated rings. The molecule has 2 rings (SSSR count). The van der Waals surface area contributed by atoms with Crippen molar-refractivity contribution in [3.05, 3.63) is 35.1 Å². The topological polar surface area (TPSA) is 32.7 Å². The van der Waals surface area contributed by atoms with Gasteiger partial charge in [0.25, 0.3) is 0 Å². The van der Waals surface area contributed by atoms with Crippen molar-refractivity contribution in [3.63, 3.8) is 0 Å². The molecule has 0 amide bonds. The normalized spacial score (nSPS) is 21.7. The average Bonchev–Trinajstić information content (AvgIpc) is 2.34. The van der Waals surface area contributed by atoms with E-state index in [0.29, 0.717) is 19.7 Å². The quantitative estimate of drug-likeness (QED) is 0.863. The van der Waals surface area contributed by atoms with Crippen molar-refractivity contribution in [2.75, 3.05) is 26.3 Å². The van der Waals surface area contributed by atoms with Gasteiger partial charge in [-0.3, -0.25) is 4.90 Å². The van der Waals surface area contributed by atoms with Gasteiger partial charge in [-0.2, -0.15) is 0 Å². The number of morpholine rings is 1. The molecule has 1 aliphatic heterocycles. The van der Waals surface area contributed by atoms with Crippen molar-refractivity contribution >= 4 is 0 Å². The Morgan fingerprint density at radius 3 is 3.12 bits per heavy atom. The maximum absolute atomic E-state index is 13.2. The zero-order valence-corrected chi connectivity index (χ0v) is 10.0. The summed E-state index contributed by atoms with van der Waals surface area (Å²) in [6.07, 6.45) is -0.113. The van der Waals surface area contributed by atoms with Crippen LogP contribution in [-0.4, -0.2) is 42.4 Å². The van der Waals surface area contributed by atoms with Crippen LogP contribution < -0.4 is 0 Å². The standard InChI is InChI=1S/C13H18FNO2/c1-10-2-3-12(14)6-11(10)7-15-4-5-17-13(8-15)9-16/h2-3,6,13,16H,4-5,7-9H2,1H3. The first-order valence-electron chi connectivity index (χ1n) is 5.89.